The number of aliphatic hydroxyl groups is 1. The molecule has 40 heavy (non-hydrogen) atoms. The Bertz CT molecular complexity index is 1450. The Kier molecular flexibility index (Phi) is 8.48. The molecular formula is C27H22Cl2F4N2O5. The fourth-order valence-corrected chi connectivity index (χ4v) is 4.51. The molecule has 0 aliphatic carbocycles. The Hall–Kier alpha value is -3.54. The summed E-state index contributed by atoms with van der Waals surface area (Å²) >= 11 is 12.0. The van der Waals surface area contributed by atoms with Gasteiger partial charge in [-0.2, -0.15) is 13.2 Å². The Labute approximate surface area is 236 Å². The van der Waals surface area contributed by atoms with Crippen LogP contribution in [0.15, 0.2) is 54.6 Å². The van der Waals surface area contributed by atoms with E-state index in [9.17, 15) is 32.3 Å². The number of ether oxygens (including phenoxy) is 2. The van der Waals surface area contributed by atoms with Gasteiger partial charge in [-0.25, -0.2) is 4.39 Å². The van der Waals surface area contributed by atoms with E-state index in [1.54, 1.807) is 0 Å². The summed E-state index contributed by atoms with van der Waals surface area (Å²) in [4.78, 5) is 24.5. The number of benzene rings is 3. The highest BCUT2D eigenvalue weighted by Crippen LogP contribution is 2.42. The monoisotopic (exact) mass is 600 g/mol. The smallest absolute Gasteiger partial charge is 0.423 e. The van der Waals surface area contributed by atoms with Crippen molar-refractivity contribution in [1.29, 1.82) is 0 Å². The van der Waals surface area contributed by atoms with Gasteiger partial charge >= 0.3 is 6.18 Å². The third kappa shape index (κ3) is 5.96. The maximum atomic E-state index is 14.2. The highest BCUT2D eigenvalue weighted by atomic mass is 35.5. The average Bonchev–Trinajstić information content (AvgIpc) is 3.32. The van der Waals surface area contributed by atoms with Crippen LogP contribution in [0, 0.1) is 5.82 Å². The lowest BCUT2D eigenvalue weighted by molar-refractivity contribution is -0.263. The lowest BCUT2D eigenvalue weighted by atomic mass is 9.89. The van der Waals surface area contributed by atoms with Gasteiger partial charge in [0.05, 0.1) is 23.7 Å². The standard InChI is InChI=1S/C27H22Cl2F4N2O5/c1-39-21-7-4-16(12-17(21)14-2-5-20(30)18(28)10-14)26(38,27(31,32)33)13-35-24(36)15-3-6-22(19(29)11-15)40-23-8-9-34-25(23)37/h2-7,10-12,23,38H,8-9,13H2,1H3,(H,34,37)(H,35,36)/t23-,26?/m0/s1. The van der Waals surface area contributed by atoms with E-state index in [0.29, 0.717) is 13.0 Å². The maximum absolute atomic E-state index is 14.2. The normalized spacial score (nSPS) is 16.7. The van der Waals surface area contributed by atoms with Gasteiger partial charge in [-0.3, -0.25) is 9.59 Å². The number of rotatable bonds is 8. The lowest BCUT2D eigenvalue weighted by Crippen LogP contribution is -2.51. The summed E-state index contributed by atoms with van der Waals surface area (Å²) in [6.45, 7) is -0.805. The van der Waals surface area contributed by atoms with E-state index in [-0.39, 0.29) is 44.1 Å². The number of carbonyl (C=O) groups excluding carboxylic acids is 2. The first kappa shape index (κ1) is 29.4. The molecule has 0 saturated carbocycles. The number of alkyl halides is 3. The molecule has 2 atom stereocenters. The summed E-state index contributed by atoms with van der Waals surface area (Å²) in [6, 6.07) is 10.6. The molecule has 2 amide bonds. The van der Waals surface area contributed by atoms with Crippen LogP contribution in [0.25, 0.3) is 11.1 Å². The van der Waals surface area contributed by atoms with Crippen molar-refractivity contribution in [2.24, 2.45) is 0 Å². The Morgan fingerprint density at radius 2 is 1.80 bits per heavy atom. The number of nitrogens with one attached hydrogen (secondary N) is 2. The zero-order valence-electron chi connectivity index (χ0n) is 20.7. The number of methoxy groups -OCH3 is 1. The van der Waals surface area contributed by atoms with Crippen molar-refractivity contribution in [2.45, 2.75) is 24.3 Å². The first-order valence-corrected chi connectivity index (χ1v) is 12.5. The van der Waals surface area contributed by atoms with Gasteiger partial charge in [-0.15, -0.1) is 0 Å². The summed E-state index contributed by atoms with van der Waals surface area (Å²) in [5.74, 6) is -1.72. The molecule has 3 aromatic carbocycles. The summed E-state index contributed by atoms with van der Waals surface area (Å²) < 4.78 is 67.2. The quantitative estimate of drug-likeness (QED) is 0.307. The van der Waals surface area contributed by atoms with Gasteiger partial charge in [-0.05, 0) is 53.6 Å². The molecule has 212 valence electrons. The molecule has 13 heteroatoms. The summed E-state index contributed by atoms with van der Waals surface area (Å²) in [5.41, 5.74) is -3.88. The molecule has 1 heterocycles. The van der Waals surface area contributed by atoms with E-state index in [2.05, 4.69) is 10.6 Å². The summed E-state index contributed by atoms with van der Waals surface area (Å²) in [5, 5.41) is 15.3. The molecule has 1 aliphatic heterocycles. The molecule has 1 aliphatic rings. The van der Waals surface area contributed by atoms with Crippen LogP contribution in [0.5, 0.6) is 11.5 Å². The van der Waals surface area contributed by atoms with E-state index >= 15 is 0 Å². The van der Waals surface area contributed by atoms with Crippen LogP contribution in [0.4, 0.5) is 17.6 Å². The molecule has 0 radical (unpaired) electrons. The highest BCUT2D eigenvalue weighted by molar-refractivity contribution is 6.32. The van der Waals surface area contributed by atoms with Crippen LogP contribution < -0.4 is 20.1 Å². The predicted molar refractivity (Wildman–Crippen MR) is 139 cm³/mol. The van der Waals surface area contributed by atoms with Gasteiger partial charge < -0.3 is 25.2 Å². The van der Waals surface area contributed by atoms with Gasteiger partial charge in [-0.1, -0.05) is 35.3 Å². The van der Waals surface area contributed by atoms with Crippen LogP contribution in [0.2, 0.25) is 10.0 Å². The molecule has 3 N–H and O–H groups in total. The van der Waals surface area contributed by atoms with E-state index in [0.717, 1.165) is 18.2 Å². The SMILES string of the molecule is COc1ccc(C(O)(CNC(=O)c2ccc(O[C@H]3CCNC3=O)c(Cl)c2)C(F)(F)F)cc1-c1ccc(F)c(Cl)c1. The lowest BCUT2D eigenvalue weighted by Gasteiger charge is -2.32. The molecule has 0 bridgehead atoms. The summed E-state index contributed by atoms with van der Waals surface area (Å²) in [6.07, 6.45) is -5.54. The zero-order valence-corrected chi connectivity index (χ0v) is 22.3. The molecular weight excluding hydrogens is 579 g/mol. The molecule has 4 rings (SSSR count). The minimum Gasteiger partial charge on any atom is -0.496 e. The van der Waals surface area contributed by atoms with E-state index in [4.69, 9.17) is 32.7 Å². The van der Waals surface area contributed by atoms with Crippen LogP contribution in [-0.2, 0) is 10.4 Å². The first-order valence-electron chi connectivity index (χ1n) is 11.8. The average molecular weight is 601 g/mol. The minimum absolute atomic E-state index is 0.0313. The van der Waals surface area contributed by atoms with Crippen molar-refractivity contribution in [2.75, 3.05) is 20.2 Å². The molecule has 7 nitrogen and oxygen atoms in total. The third-order valence-electron chi connectivity index (χ3n) is 6.34. The van der Waals surface area contributed by atoms with Crippen LogP contribution in [0.1, 0.15) is 22.3 Å². The number of halogens is 6. The Morgan fingerprint density at radius 1 is 1.07 bits per heavy atom. The van der Waals surface area contributed by atoms with Gasteiger partial charge in [0.1, 0.15) is 17.3 Å². The number of amides is 2. The Balaban J connectivity index is 1.58. The van der Waals surface area contributed by atoms with Crippen LogP contribution in [0.3, 0.4) is 0 Å². The summed E-state index contributed by atoms with van der Waals surface area (Å²) in [7, 11) is 1.30. The predicted octanol–water partition coefficient (Wildman–Crippen LogP) is 5.26. The number of carbonyl (C=O) groups is 2. The molecule has 0 spiro atoms. The Morgan fingerprint density at radius 3 is 2.40 bits per heavy atom. The van der Waals surface area contributed by atoms with Crippen LogP contribution >= 0.6 is 23.2 Å². The zero-order chi connectivity index (χ0) is 29.2. The van der Waals surface area contributed by atoms with E-state index in [1.165, 1.54) is 43.5 Å². The minimum atomic E-state index is -5.22. The number of hydrogen-bond acceptors (Lipinski definition) is 5. The number of hydrogen-bond donors (Lipinski definition) is 3. The van der Waals surface area contributed by atoms with Crippen molar-refractivity contribution in [1.82, 2.24) is 10.6 Å². The molecule has 0 aromatic heterocycles. The third-order valence-corrected chi connectivity index (χ3v) is 6.93. The van der Waals surface area contributed by atoms with Crippen molar-refractivity contribution < 1.29 is 41.7 Å². The second-order valence-electron chi connectivity index (χ2n) is 8.92. The largest absolute Gasteiger partial charge is 0.496 e. The fourth-order valence-electron chi connectivity index (χ4n) is 4.11. The van der Waals surface area contributed by atoms with Crippen LogP contribution in [-0.4, -0.2) is 49.4 Å². The topological polar surface area (TPSA) is 96.9 Å². The maximum Gasteiger partial charge on any atom is 0.423 e. The second kappa shape index (κ2) is 11.5. The van der Waals surface area contributed by atoms with Gasteiger partial charge in [0.25, 0.3) is 11.8 Å². The highest BCUT2D eigenvalue weighted by Gasteiger charge is 2.55. The van der Waals surface area contributed by atoms with E-state index < -0.39 is 41.7 Å². The van der Waals surface area contributed by atoms with Gasteiger partial charge in [0.2, 0.25) is 5.60 Å². The second-order valence-corrected chi connectivity index (χ2v) is 9.73. The molecule has 3 aromatic rings. The van der Waals surface area contributed by atoms with Crippen molar-refractivity contribution in [3.8, 4) is 22.6 Å². The van der Waals surface area contributed by atoms with E-state index in [1.807, 2.05) is 0 Å². The molecule has 1 saturated heterocycles. The van der Waals surface area contributed by atoms with Crippen molar-refractivity contribution in [3.63, 3.8) is 0 Å². The fraction of sp³-hybridized carbons (Fsp3) is 0.259. The van der Waals surface area contributed by atoms with Crippen molar-refractivity contribution >= 4 is 35.0 Å². The first-order chi connectivity index (χ1) is 18.8. The van der Waals surface area contributed by atoms with Gasteiger partial charge in [0.15, 0.2) is 6.10 Å². The van der Waals surface area contributed by atoms with Crippen molar-refractivity contribution in [3.05, 3.63) is 81.6 Å². The molecule has 1 unspecified atom stereocenters. The molecule has 1 fully saturated rings. The van der Waals surface area contributed by atoms with Gasteiger partial charge in [0, 0.05) is 24.1 Å².